The van der Waals surface area contributed by atoms with E-state index >= 15 is 0 Å². The first-order valence-corrected chi connectivity index (χ1v) is 4.52. The topological polar surface area (TPSA) is 12.4 Å². The molecule has 0 fully saturated rings. The van der Waals surface area contributed by atoms with Gasteiger partial charge in [-0.2, -0.15) is 0 Å². The second kappa shape index (κ2) is 4.61. The van der Waals surface area contributed by atoms with E-state index in [1.165, 1.54) is 11.1 Å². The monoisotopic (exact) mass is 173 g/mol. The van der Waals surface area contributed by atoms with Gasteiger partial charge in [-0.25, -0.2) is 0 Å². The number of allylic oxidation sites excluding steroid dienone is 2. The van der Waals surface area contributed by atoms with Crippen molar-refractivity contribution in [2.75, 3.05) is 0 Å². The van der Waals surface area contributed by atoms with Crippen molar-refractivity contribution in [2.45, 2.75) is 20.3 Å². The summed E-state index contributed by atoms with van der Waals surface area (Å²) in [5.41, 5.74) is 3.41. The SMILES string of the molecule is C=Nc1ccccc1/C(C)=C/CC. The first-order valence-electron chi connectivity index (χ1n) is 4.52. The van der Waals surface area contributed by atoms with E-state index < -0.39 is 0 Å². The fourth-order valence-electron chi connectivity index (χ4n) is 1.36. The van der Waals surface area contributed by atoms with Crippen LogP contribution in [0.5, 0.6) is 0 Å². The largest absolute Gasteiger partial charge is 0.264 e. The van der Waals surface area contributed by atoms with Gasteiger partial charge in [0.15, 0.2) is 0 Å². The van der Waals surface area contributed by atoms with E-state index in [-0.39, 0.29) is 0 Å². The molecule has 0 amide bonds. The molecule has 13 heavy (non-hydrogen) atoms. The van der Waals surface area contributed by atoms with Gasteiger partial charge in [-0.05, 0) is 31.7 Å². The molecule has 0 spiro atoms. The molecule has 0 aliphatic rings. The van der Waals surface area contributed by atoms with Crippen molar-refractivity contribution in [2.24, 2.45) is 4.99 Å². The number of hydrogen-bond acceptors (Lipinski definition) is 1. The minimum atomic E-state index is 0.963. The lowest BCUT2D eigenvalue weighted by molar-refractivity contribution is 1.22. The molecule has 0 aromatic heterocycles. The molecule has 0 saturated carbocycles. The molecule has 0 aliphatic carbocycles. The Morgan fingerprint density at radius 1 is 1.46 bits per heavy atom. The Bertz CT molecular complexity index is 324. The predicted molar refractivity (Wildman–Crippen MR) is 59.6 cm³/mol. The highest BCUT2D eigenvalue weighted by atomic mass is 14.7. The van der Waals surface area contributed by atoms with Crippen LogP contribution in [0.3, 0.4) is 0 Å². The summed E-state index contributed by atoms with van der Waals surface area (Å²) in [5.74, 6) is 0. The summed E-state index contributed by atoms with van der Waals surface area (Å²) >= 11 is 0. The van der Waals surface area contributed by atoms with Crippen LogP contribution in [0.4, 0.5) is 5.69 Å². The highest BCUT2D eigenvalue weighted by Crippen LogP contribution is 2.25. The van der Waals surface area contributed by atoms with Crippen LogP contribution in [-0.2, 0) is 0 Å². The summed E-state index contributed by atoms with van der Waals surface area (Å²) in [6, 6.07) is 8.06. The Labute approximate surface area is 79.8 Å². The molecule has 0 bridgehead atoms. The van der Waals surface area contributed by atoms with E-state index in [0.717, 1.165) is 12.1 Å². The van der Waals surface area contributed by atoms with Gasteiger partial charge in [-0.1, -0.05) is 31.2 Å². The molecule has 0 radical (unpaired) electrons. The van der Waals surface area contributed by atoms with Gasteiger partial charge in [-0.3, -0.25) is 4.99 Å². The molecule has 1 aromatic carbocycles. The standard InChI is InChI=1S/C12H15N/c1-4-7-10(2)11-8-5-6-9-12(11)13-3/h5-9H,3-4H2,1-2H3/b10-7+. The summed E-state index contributed by atoms with van der Waals surface area (Å²) in [7, 11) is 0. The molecule has 0 N–H and O–H groups in total. The lowest BCUT2D eigenvalue weighted by atomic mass is 10.0. The average molecular weight is 173 g/mol. The third kappa shape index (κ3) is 2.28. The van der Waals surface area contributed by atoms with Crippen molar-refractivity contribution in [3.05, 3.63) is 35.9 Å². The highest BCUT2D eigenvalue weighted by molar-refractivity contribution is 5.74. The number of hydrogen-bond donors (Lipinski definition) is 0. The van der Waals surface area contributed by atoms with Crippen molar-refractivity contribution in [1.29, 1.82) is 0 Å². The quantitative estimate of drug-likeness (QED) is 0.616. The number of aliphatic imine (C=N–C) groups is 1. The van der Waals surface area contributed by atoms with Gasteiger partial charge in [0.2, 0.25) is 0 Å². The van der Waals surface area contributed by atoms with E-state index in [0.29, 0.717) is 0 Å². The lowest BCUT2D eigenvalue weighted by Gasteiger charge is -2.04. The zero-order valence-electron chi connectivity index (χ0n) is 8.25. The van der Waals surface area contributed by atoms with Gasteiger partial charge in [0, 0.05) is 5.56 Å². The molecule has 1 rings (SSSR count). The van der Waals surface area contributed by atoms with E-state index in [4.69, 9.17) is 0 Å². The first kappa shape index (κ1) is 9.72. The maximum absolute atomic E-state index is 3.98. The fourth-order valence-corrected chi connectivity index (χ4v) is 1.36. The Morgan fingerprint density at radius 3 is 2.77 bits per heavy atom. The first-order chi connectivity index (χ1) is 6.29. The Kier molecular flexibility index (Phi) is 3.44. The Hall–Kier alpha value is -1.37. The van der Waals surface area contributed by atoms with Crippen LogP contribution >= 0.6 is 0 Å². The third-order valence-electron chi connectivity index (χ3n) is 2.01. The summed E-state index contributed by atoms with van der Waals surface area (Å²) in [6.07, 6.45) is 3.25. The van der Waals surface area contributed by atoms with E-state index in [1.807, 2.05) is 18.2 Å². The van der Waals surface area contributed by atoms with E-state index in [1.54, 1.807) is 0 Å². The number of nitrogens with zero attached hydrogens (tertiary/aromatic N) is 1. The number of benzene rings is 1. The molecule has 0 heterocycles. The van der Waals surface area contributed by atoms with Crippen molar-refractivity contribution in [3.63, 3.8) is 0 Å². The summed E-state index contributed by atoms with van der Waals surface area (Å²) in [4.78, 5) is 3.98. The molecule has 68 valence electrons. The third-order valence-corrected chi connectivity index (χ3v) is 2.01. The maximum Gasteiger partial charge on any atom is 0.0697 e. The molecule has 1 aromatic rings. The second-order valence-electron chi connectivity index (χ2n) is 2.97. The maximum atomic E-state index is 3.98. The average Bonchev–Trinajstić information content (AvgIpc) is 2.18. The van der Waals surface area contributed by atoms with Crippen molar-refractivity contribution >= 4 is 18.0 Å². The minimum absolute atomic E-state index is 0.963. The van der Waals surface area contributed by atoms with Crippen LogP contribution in [0.2, 0.25) is 0 Å². The van der Waals surface area contributed by atoms with Crippen LogP contribution < -0.4 is 0 Å². The molecule has 0 unspecified atom stereocenters. The zero-order chi connectivity index (χ0) is 9.68. The molecule has 1 heteroatoms. The van der Waals surface area contributed by atoms with Crippen molar-refractivity contribution in [1.82, 2.24) is 0 Å². The van der Waals surface area contributed by atoms with Crippen LogP contribution in [0.25, 0.3) is 5.57 Å². The molecule has 0 aliphatic heterocycles. The smallest absolute Gasteiger partial charge is 0.0697 e. The van der Waals surface area contributed by atoms with Crippen LogP contribution in [0.1, 0.15) is 25.8 Å². The van der Waals surface area contributed by atoms with Gasteiger partial charge in [-0.15, -0.1) is 0 Å². The number of rotatable bonds is 3. The van der Waals surface area contributed by atoms with Gasteiger partial charge in [0.25, 0.3) is 0 Å². The van der Waals surface area contributed by atoms with Gasteiger partial charge in [0.1, 0.15) is 0 Å². The highest BCUT2D eigenvalue weighted by Gasteiger charge is 1.99. The number of para-hydroxylation sites is 1. The Morgan fingerprint density at radius 2 is 2.15 bits per heavy atom. The lowest BCUT2D eigenvalue weighted by Crippen LogP contribution is -1.79. The van der Waals surface area contributed by atoms with Gasteiger partial charge in [0.05, 0.1) is 5.69 Å². The zero-order valence-corrected chi connectivity index (χ0v) is 8.25. The van der Waals surface area contributed by atoms with Crippen LogP contribution in [-0.4, -0.2) is 6.72 Å². The molecule has 0 atom stereocenters. The summed E-state index contributed by atoms with van der Waals surface area (Å²) < 4.78 is 0. The minimum Gasteiger partial charge on any atom is -0.264 e. The predicted octanol–water partition coefficient (Wildman–Crippen LogP) is 3.83. The molecular weight excluding hydrogens is 158 g/mol. The second-order valence-corrected chi connectivity index (χ2v) is 2.97. The summed E-state index contributed by atoms with van der Waals surface area (Å²) in [6.45, 7) is 7.79. The normalized spacial score (nSPS) is 11.4. The van der Waals surface area contributed by atoms with E-state index in [2.05, 4.69) is 37.7 Å². The van der Waals surface area contributed by atoms with Gasteiger partial charge < -0.3 is 0 Å². The molecule has 0 saturated heterocycles. The summed E-state index contributed by atoms with van der Waals surface area (Å²) in [5, 5.41) is 0. The molecule has 1 nitrogen and oxygen atoms in total. The van der Waals surface area contributed by atoms with Crippen molar-refractivity contribution in [3.8, 4) is 0 Å². The van der Waals surface area contributed by atoms with Crippen LogP contribution in [0.15, 0.2) is 35.3 Å². The molecular formula is C12H15N. The Balaban J connectivity index is 3.12. The van der Waals surface area contributed by atoms with Gasteiger partial charge >= 0.3 is 0 Å². The van der Waals surface area contributed by atoms with Crippen molar-refractivity contribution < 1.29 is 0 Å². The fraction of sp³-hybridized carbons (Fsp3) is 0.250. The van der Waals surface area contributed by atoms with Crippen LogP contribution in [0, 0.1) is 0 Å². The van der Waals surface area contributed by atoms with E-state index in [9.17, 15) is 0 Å².